The summed E-state index contributed by atoms with van der Waals surface area (Å²) in [5, 5.41) is 9.14. The number of fused-ring (bicyclic) bond motifs is 1. The summed E-state index contributed by atoms with van der Waals surface area (Å²) in [5.74, 6) is 7.03. The van der Waals surface area contributed by atoms with Crippen LogP contribution in [0.1, 0.15) is 66.1 Å². The quantitative estimate of drug-likeness (QED) is 0.116. The molecule has 1 aromatic heterocycles. The Balaban J connectivity index is 0.832. The molecule has 1 atom stereocenters. The smallest absolute Gasteiger partial charge is 0.255 e. The van der Waals surface area contributed by atoms with Crippen LogP contribution in [0.15, 0.2) is 60.8 Å². The highest BCUT2D eigenvalue weighted by Gasteiger charge is 2.40. The molecule has 4 aliphatic heterocycles. The number of hydrogen-bond donors (Lipinski definition) is 3. The third kappa shape index (κ3) is 10.2. The lowest BCUT2D eigenvalue weighted by Gasteiger charge is -2.43. The van der Waals surface area contributed by atoms with E-state index in [0.717, 1.165) is 100 Å². The second kappa shape index (κ2) is 19.7. The van der Waals surface area contributed by atoms with Crippen molar-refractivity contribution in [1.82, 2.24) is 30.0 Å². The van der Waals surface area contributed by atoms with E-state index in [-0.39, 0.29) is 23.3 Å². The van der Waals surface area contributed by atoms with Crippen LogP contribution in [0.2, 0.25) is 5.02 Å². The lowest BCUT2D eigenvalue weighted by Crippen LogP contribution is -2.53. The van der Waals surface area contributed by atoms with Gasteiger partial charge in [-0.3, -0.25) is 33.8 Å². The first-order valence-electron chi connectivity index (χ1n) is 22.1. The van der Waals surface area contributed by atoms with Crippen LogP contribution >= 0.6 is 11.6 Å². The molecule has 4 aliphatic rings. The van der Waals surface area contributed by atoms with E-state index in [4.69, 9.17) is 16.3 Å². The minimum Gasteiger partial charge on any atom is -0.494 e. The number of piperidine rings is 2. The van der Waals surface area contributed by atoms with E-state index in [9.17, 15) is 22.8 Å². The van der Waals surface area contributed by atoms with E-state index < -0.39 is 22.0 Å². The maximum Gasteiger partial charge on any atom is 0.255 e. The van der Waals surface area contributed by atoms with E-state index in [1.54, 1.807) is 42.3 Å². The first kappa shape index (κ1) is 45.6. The lowest BCUT2D eigenvalue weighted by molar-refractivity contribution is -0.136. The molecule has 3 aromatic carbocycles. The Morgan fingerprint density at radius 1 is 0.969 bits per heavy atom. The van der Waals surface area contributed by atoms with Crippen molar-refractivity contribution >= 4 is 73.9 Å². The molecule has 3 N–H and O–H groups in total. The second-order valence-electron chi connectivity index (χ2n) is 16.8. The summed E-state index contributed by atoms with van der Waals surface area (Å²) in [6.07, 6.45) is 6.87. The van der Waals surface area contributed by atoms with Crippen molar-refractivity contribution in [3.63, 3.8) is 0 Å². The Kier molecular flexibility index (Phi) is 13.8. The number of nitrogens with zero attached hydrogens (tertiary/aromatic N) is 7. The monoisotopic (exact) mass is 922 g/mol. The predicted molar refractivity (Wildman–Crippen MR) is 253 cm³/mol. The van der Waals surface area contributed by atoms with Crippen LogP contribution in [0.25, 0.3) is 0 Å². The fraction of sp³-hybridized carbons (Fsp3) is 0.426. The molecule has 3 amide bonds. The summed E-state index contributed by atoms with van der Waals surface area (Å²) in [6.45, 7) is 9.25. The molecule has 0 spiro atoms. The number of sulfonamides is 1. The summed E-state index contributed by atoms with van der Waals surface area (Å²) in [5.41, 5.74) is 6.26. The Labute approximate surface area is 385 Å². The van der Waals surface area contributed by atoms with Gasteiger partial charge < -0.3 is 25.2 Å². The summed E-state index contributed by atoms with van der Waals surface area (Å²) >= 11 is 6.52. The molecule has 3 saturated heterocycles. The first-order chi connectivity index (χ1) is 31.3. The van der Waals surface area contributed by atoms with Gasteiger partial charge in [-0.1, -0.05) is 48.6 Å². The molecular weight excluding hydrogens is 868 g/mol. The number of imide groups is 1. The number of methoxy groups -OCH3 is 1. The second-order valence-corrected chi connectivity index (χ2v) is 19.2. The summed E-state index contributed by atoms with van der Waals surface area (Å²) < 4.78 is 31.7. The van der Waals surface area contributed by atoms with E-state index in [2.05, 4.69) is 71.5 Å². The van der Waals surface area contributed by atoms with Crippen LogP contribution in [0.4, 0.5) is 34.5 Å². The van der Waals surface area contributed by atoms with Crippen LogP contribution in [-0.2, 0) is 32.6 Å². The van der Waals surface area contributed by atoms with Crippen LogP contribution in [0, 0.1) is 11.8 Å². The Morgan fingerprint density at radius 2 is 1.74 bits per heavy atom. The van der Waals surface area contributed by atoms with Crippen molar-refractivity contribution in [3.8, 4) is 17.6 Å². The molecule has 3 fully saturated rings. The maximum atomic E-state index is 13.2. The third-order valence-electron chi connectivity index (χ3n) is 12.9. The minimum absolute atomic E-state index is 0.185. The SMILES string of the molecule is CCc1cc(Nc2ncc(Cl)c(Nc3ccccc3N(C)S(C)(=O)=O)n2)c(OC)cc1N1CCC(N2CCN(CCC#Cc3cccc4c3CN(C3CCC(=O)NC3=O)C4=O)CC2)CC1. The van der Waals surface area contributed by atoms with Gasteiger partial charge in [0.15, 0.2) is 5.82 Å². The number of carbonyl (C=O) groups is 3. The van der Waals surface area contributed by atoms with Crippen LogP contribution in [0.3, 0.4) is 0 Å². The number of carbonyl (C=O) groups excluding carboxylic acids is 3. The fourth-order valence-corrected chi connectivity index (χ4v) is 9.81. The maximum absolute atomic E-state index is 13.2. The number of rotatable bonds is 13. The third-order valence-corrected chi connectivity index (χ3v) is 14.3. The normalized spacial score (nSPS) is 18.5. The minimum atomic E-state index is -3.51. The lowest BCUT2D eigenvalue weighted by atomic mass is 9.99. The number of halogens is 1. The number of piperazine rings is 1. The summed E-state index contributed by atoms with van der Waals surface area (Å²) in [4.78, 5) is 55.6. The van der Waals surface area contributed by atoms with E-state index >= 15 is 0 Å². The number of para-hydroxylation sites is 2. The Morgan fingerprint density at radius 3 is 2.46 bits per heavy atom. The van der Waals surface area contributed by atoms with Crippen LogP contribution in [-0.4, -0.2) is 129 Å². The van der Waals surface area contributed by atoms with E-state index in [1.807, 2.05) is 12.1 Å². The number of nitrogens with one attached hydrogen (secondary N) is 3. The average molecular weight is 924 g/mol. The molecular formula is C47H55ClN10O6S. The highest BCUT2D eigenvalue weighted by atomic mass is 35.5. The number of aryl methyl sites for hydroxylation is 1. The van der Waals surface area contributed by atoms with Gasteiger partial charge in [0.1, 0.15) is 16.8 Å². The van der Waals surface area contributed by atoms with Gasteiger partial charge in [-0.05, 0) is 67.1 Å². The van der Waals surface area contributed by atoms with Gasteiger partial charge in [-0.2, -0.15) is 4.98 Å². The van der Waals surface area contributed by atoms with Gasteiger partial charge in [0.25, 0.3) is 5.91 Å². The number of ether oxygens (including phenoxy) is 1. The number of aromatic nitrogens is 2. The molecule has 8 rings (SSSR count). The molecule has 342 valence electrons. The van der Waals surface area contributed by atoms with Crippen molar-refractivity contribution in [3.05, 3.63) is 88.1 Å². The van der Waals surface area contributed by atoms with Gasteiger partial charge in [0.05, 0.1) is 36.6 Å². The largest absolute Gasteiger partial charge is 0.494 e. The van der Waals surface area contributed by atoms with Gasteiger partial charge >= 0.3 is 0 Å². The highest BCUT2D eigenvalue weighted by molar-refractivity contribution is 7.92. The van der Waals surface area contributed by atoms with Crippen molar-refractivity contribution in [2.45, 2.75) is 64.1 Å². The molecule has 65 heavy (non-hydrogen) atoms. The number of benzene rings is 3. The summed E-state index contributed by atoms with van der Waals surface area (Å²) in [6, 6.07) is 16.7. The van der Waals surface area contributed by atoms with Gasteiger partial charge in [-0.15, -0.1) is 0 Å². The predicted octanol–water partition coefficient (Wildman–Crippen LogP) is 5.37. The van der Waals surface area contributed by atoms with Gasteiger partial charge in [0.2, 0.25) is 27.8 Å². The van der Waals surface area contributed by atoms with Crippen molar-refractivity contribution in [1.29, 1.82) is 0 Å². The van der Waals surface area contributed by atoms with Gasteiger partial charge in [-0.25, -0.2) is 13.4 Å². The molecule has 4 aromatic rings. The van der Waals surface area contributed by atoms with Crippen molar-refractivity contribution in [2.75, 3.05) is 86.1 Å². The molecule has 0 saturated carbocycles. The van der Waals surface area contributed by atoms with Crippen LogP contribution in [0.5, 0.6) is 5.75 Å². The Hall–Kier alpha value is -5.93. The molecule has 18 heteroatoms. The Bertz CT molecular complexity index is 2640. The number of hydrogen-bond acceptors (Lipinski definition) is 13. The van der Waals surface area contributed by atoms with Crippen LogP contribution < -0.4 is 29.9 Å². The fourth-order valence-electron chi connectivity index (χ4n) is 9.15. The molecule has 5 heterocycles. The number of amides is 3. The molecule has 1 unspecified atom stereocenters. The van der Waals surface area contributed by atoms with E-state index in [0.29, 0.717) is 53.5 Å². The summed E-state index contributed by atoms with van der Waals surface area (Å²) in [7, 11) is -0.368. The van der Waals surface area contributed by atoms with Gasteiger partial charge in [0, 0.05) is 101 Å². The zero-order valence-corrected chi connectivity index (χ0v) is 38.8. The standard InChI is InChI=1S/C47H55ClN10O6S/c1-5-31-27-38(51-47-49-29-36(48)44(53-47)50-37-14-6-7-15-39(37)54(2)65(4,62)63)42(64-3)28-41(31)57-21-18-33(19-22-57)56-25-23-55(24-26-56)20-9-8-11-32-12-10-13-34-35(32)30-58(46(34)61)40-16-17-43(59)52-45(40)60/h6-7,10,12-15,27-29,33,40H,5,9,16-26,30H2,1-4H3,(H,52,59,60)(H2,49,50,51,53). The van der Waals surface area contributed by atoms with Crippen molar-refractivity contribution < 1.29 is 27.5 Å². The molecule has 0 bridgehead atoms. The number of anilines is 6. The zero-order valence-electron chi connectivity index (χ0n) is 37.2. The molecule has 0 aliphatic carbocycles. The van der Waals surface area contributed by atoms with Crippen molar-refractivity contribution in [2.24, 2.45) is 0 Å². The highest BCUT2D eigenvalue weighted by Crippen LogP contribution is 2.38. The topological polar surface area (TPSA) is 173 Å². The zero-order chi connectivity index (χ0) is 45.8. The molecule has 0 radical (unpaired) electrons. The average Bonchev–Trinajstić information content (AvgIpc) is 3.64. The first-order valence-corrected chi connectivity index (χ1v) is 24.3. The van der Waals surface area contributed by atoms with E-state index in [1.165, 1.54) is 23.1 Å². The molecule has 16 nitrogen and oxygen atoms in total.